The lowest BCUT2D eigenvalue weighted by Crippen LogP contribution is -2.30. The first-order chi connectivity index (χ1) is 8.11. The van der Waals surface area contributed by atoms with Gasteiger partial charge in [-0.3, -0.25) is 9.48 Å². The second-order valence-electron chi connectivity index (χ2n) is 4.03. The number of nitrogens with zero attached hydrogens (tertiary/aromatic N) is 3. The van der Waals surface area contributed by atoms with Crippen molar-refractivity contribution < 1.29 is 4.79 Å². The summed E-state index contributed by atoms with van der Waals surface area (Å²) in [7, 11) is 1.78. The molecule has 0 radical (unpaired) electrons. The molecule has 0 saturated carbocycles. The second-order valence-corrected chi connectivity index (χ2v) is 4.03. The molecule has 0 aliphatic rings. The molecule has 0 spiro atoms. The highest BCUT2D eigenvalue weighted by atomic mass is 16.2. The standard InChI is InChI=1S/C12H16N4O/c1-3-15(2)12(17)8-16-11-6-10(13)5-4-9(11)7-14-16/h4-7H,3,8,13H2,1-2H3. The SMILES string of the molecule is CCN(C)C(=O)Cn1ncc2ccc(N)cc21. The Morgan fingerprint density at radius 3 is 3.00 bits per heavy atom. The summed E-state index contributed by atoms with van der Waals surface area (Å²) in [5, 5.41) is 5.20. The first kappa shape index (κ1) is 11.4. The van der Waals surface area contributed by atoms with Crippen LogP contribution in [0.5, 0.6) is 0 Å². The average molecular weight is 232 g/mol. The van der Waals surface area contributed by atoms with Crippen molar-refractivity contribution in [3.8, 4) is 0 Å². The van der Waals surface area contributed by atoms with Gasteiger partial charge in [-0.05, 0) is 25.1 Å². The zero-order chi connectivity index (χ0) is 12.4. The van der Waals surface area contributed by atoms with Crippen LogP contribution in [0.2, 0.25) is 0 Å². The van der Waals surface area contributed by atoms with Gasteiger partial charge in [0, 0.05) is 24.7 Å². The van der Waals surface area contributed by atoms with Gasteiger partial charge < -0.3 is 10.6 Å². The summed E-state index contributed by atoms with van der Waals surface area (Å²) < 4.78 is 1.68. The van der Waals surface area contributed by atoms with E-state index in [0.29, 0.717) is 12.2 Å². The lowest BCUT2D eigenvalue weighted by Gasteiger charge is -2.14. The number of rotatable bonds is 3. The Bertz CT molecular complexity index is 546. The van der Waals surface area contributed by atoms with Crippen molar-refractivity contribution in [3.63, 3.8) is 0 Å². The minimum atomic E-state index is 0.0416. The summed E-state index contributed by atoms with van der Waals surface area (Å²) in [4.78, 5) is 13.5. The van der Waals surface area contributed by atoms with Crippen molar-refractivity contribution >= 4 is 22.5 Å². The first-order valence-electron chi connectivity index (χ1n) is 5.57. The fraction of sp³-hybridized carbons (Fsp3) is 0.333. The maximum absolute atomic E-state index is 11.8. The second kappa shape index (κ2) is 4.45. The molecule has 0 fully saturated rings. The number of anilines is 1. The third-order valence-electron chi connectivity index (χ3n) is 2.85. The van der Waals surface area contributed by atoms with Crippen LogP contribution in [0.4, 0.5) is 5.69 Å². The van der Waals surface area contributed by atoms with E-state index in [2.05, 4.69) is 5.10 Å². The monoisotopic (exact) mass is 232 g/mol. The van der Waals surface area contributed by atoms with Gasteiger partial charge in [0.25, 0.3) is 0 Å². The Balaban J connectivity index is 2.30. The summed E-state index contributed by atoms with van der Waals surface area (Å²) in [6, 6.07) is 5.57. The predicted octanol–water partition coefficient (Wildman–Crippen LogP) is 1.10. The number of hydrogen-bond donors (Lipinski definition) is 1. The van der Waals surface area contributed by atoms with Crippen molar-refractivity contribution in [1.29, 1.82) is 0 Å². The third kappa shape index (κ3) is 2.22. The molecular formula is C12H16N4O. The molecule has 0 saturated heterocycles. The number of nitrogens with two attached hydrogens (primary N) is 1. The maximum atomic E-state index is 11.8. The van der Waals surface area contributed by atoms with Gasteiger partial charge in [-0.2, -0.15) is 5.10 Å². The largest absolute Gasteiger partial charge is 0.399 e. The smallest absolute Gasteiger partial charge is 0.244 e. The van der Waals surface area contributed by atoms with Gasteiger partial charge in [0.05, 0.1) is 11.7 Å². The average Bonchev–Trinajstić information content (AvgIpc) is 2.71. The number of likely N-dealkylation sites (N-methyl/N-ethyl adjacent to an activating group) is 1. The number of benzene rings is 1. The van der Waals surface area contributed by atoms with Crippen LogP contribution in [0.25, 0.3) is 10.9 Å². The van der Waals surface area contributed by atoms with E-state index in [4.69, 9.17) is 5.73 Å². The molecule has 2 N–H and O–H groups in total. The van der Waals surface area contributed by atoms with E-state index in [-0.39, 0.29) is 12.5 Å². The van der Waals surface area contributed by atoms with E-state index in [1.165, 1.54) is 0 Å². The number of fused-ring (bicyclic) bond motifs is 1. The van der Waals surface area contributed by atoms with Crippen LogP contribution >= 0.6 is 0 Å². The molecule has 17 heavy (non-hydrogen) atoms. The number of carbonyl (C=O) groups excluding carboxylic acids is 1. The zero-order valence-electron chi connectivity index (χ0n) is 10.1. The van der Waals surface area contributed by atoms with Gasteiger partial charge in [-0.15, -0.1) is 0 Å². The minimum Gasteiger partial charge on any atom is -0.399 e. The molecule has 1 aromatic carbocycles. The number of nitrogen functional groups attached to an aromatic ring is 1. The van der Waals surface area contributed by atoms with Gasteiger partial charge in [0.15, 0.2) is 0 Å². The van der Waals surface area contributed by atoms with E-state index in [1.807, 2.05) is 25.1 Å². The van der Waals surface area contributed by atoms with Gasteiger partial charge >= 0.3 is 0 Å². The number of amides is 1. The van der Waals surface area contributed by atoms with Gasteiger partial charge in [-0.25, -0.2) is 0 Å². The summed E-state index contributed by atoms with van der Waals surface area (Å²) in [5.41, 5.74) is 7.30. The molecule has 1 heterocycles. The van der Waals surface area contributed by atoms with Crippen molar-refractivity contribution in [2.45, 2.75) is 13.5 Å². The fourth-order valence-electron chi connectivity index (χ4n) is 1.64. The Morgan fingerprint density at radius 1 is 1.53 bits per heavy atom. The molecule has 1 aromatic heterocycles. The first-order valence-corrected chi connectivity index (χ1v) is 5.57. The van der Waals surface area contributed by atoms with Crippen LogP contribution in [-0.2, 0) is 11.3 Å². The number of aromatic nitrogens is 2. The minimum absolute atomic E-state index is 0.0416. The quantitative estimate of drug-likeness (QED) is 0.806. The van der Waals surface area contributed by atoms with Gasteiger partial charge in [-0.1, -0.05) is 0 Å². The molecule has 5 nitrogen and oxygen atoms in total. The van der Waals surface area contributed by atoms with Crippen LogP contribution < -0.4 is 5.73 Å². The van der Waals surface area contributed by atoms with Gasteiger partial charge in [0.1, 0.15) is 6.54 Å². The molecule has 90 valence electrons. The van der Waals surface area contributed by atoms with Crippen LogP contribution in [-0.4, -0.2) is 34.2 Å². The normalized spacial score (nSPS) is 10.7. The maximum Gasteiger partial charge on any atom is 0.244 e. The van der Waals surface area contributed by atoms with E-state index in [9.17, 15) is 4.79 Å². The molecule has 0 unspecified atom stereocenters. The summed E-state index contributed by atoms with van der Waals surface area (Å²) >= 11 is 0. The van der Waals surface area contributed by atoms with Gasteiger partial charge in [0.2, 0.25) is 5.91 Å². The highest BCUT2D eigenvalue weighted by molar-refractivity contribution is 5.84. The summed E-state index contributed by atoms with van der Waals surface area (Å²) in [5.74, 6) is 0.0416. The van der Waals surface area contributed by atoms with E-state index < -0.39 is 0 Å². The molecular weight excluding hydrogens is 216 g/mol. The molecule has 0 aliphatic carbocycles. The number of hydrogen-bond acceptors (Lipinski definition) is 3. The van der Waals surface area contributed by atoms with E-state index in [1.54, 1.807) is 22.8 Å². The predicted molar refractivity (Wildman–Crippen MR) is 67.5 cm³/mol. The van der Waals surface area contributed by atoms with E-state index >= 15 is 0 Å². The zero-order valence-corrected chi connectivity index (χ0v) is 10.1. The molecule has 2 rings (SSSR count). The Labute approximate surface area is 99.8 Å². The molecule has 2 aromatic rings. The Kier molecular flexibility index (Phi) is 2.99. The molecule has 0 bridgehead atoms. The lowest BCUT2D eigenvalue weighted by molar-refractivity contribution is -0.130. The lowest BCUT2D eigenvalue weighted by atomic mass is 10.2. The highest BCUT2D eigenvalue weighted by Gasteiger charge is 2.10. The molecule has 0 aliphatic heterocycles. The van der Waals surface area contributed by atoms with Crippen molar-refractivity contribution in [1.82, 2.24) is 14.7 Å². The Hall–Kier alpha value is -2.04. The van der Waals surface area contributed by atoms with Crippen LogP contribution in [0.1, 0.15) is 6.92 Å². The van der Waals surface area contributed by atoms with Crippen molar-refractivity contribution in [2.24, 2.45) is 0 Å². The number of carbonyl (C=O) groups is 1. The topological polar surface area (TPSA) is 64.2 Å². The highest BCUT2D eigenvalue weighted by Crippen LogP contribution is 2.16. The third-order valence-corrected chi connectivity index (χ3v) is 2.85. The van der Waals surface area contributed by atoms with Crippen LogP contribution in [0.15, 0.2) is 24.4 Å². The van der Waals surface area contributed by atoms with Crippen molar-refractivity contribution in [3.05, 3.63) is 24.4 Å². The summed E-state index contributed by atoms with van der Waals surface area (Å²) in [6.07, 6.45) is 1.74. The molecule has 1 amide bonds. The summed E-state index contributed by atoms with van der Waals surface area (Å²) in [6.45, 7) is 2.88. The fourth-order valence-corrected chi connectivity index (χ4v) is 1.64. The van der Waals surface area contributed by atoms with Crippen LogP contribution in [0.3, 0.4) is 0 Å². The van der Waals surface area contributed by atoms with E-state index in [0.717, 1.165) is 10.9 Å². The Morgan fingerprint density at radius 2 is 2.29 bits per heavy atom. The van der Waals surface area contributed by atoms with Crippen LogP contribution in [0, 0.1) is 0 Å². The molecule has 5 heteroatoms. The molecule has 0 atom stereocenters. The van der Waals surface area contributed by atoms with Crippen molar-refractivity contribution in [2.75, 3.05) is 19.3 Å².